The molecular formula is C48H65ClFN11O10S. The molecule has 0 aliphatic carbocycles. The summed E-state index contributed by atoms with van der Waals surface area (Å²) >= 11 is 8.33. The van der Waals surface area contributed by atoms with E-state index in [9.17, 15) is 28.4 Å². The van der Waals surface area contributed by atoms with E-state index in [2.05, 4.69) is 47.2 Å². The van der Waals surface area contributed by atoms with Gasteiger partial charge in [-0.1, -0.05) is 43.1 Å². The van der Waals surface area contributed by atoms with Gasteiger partial charge in [0, 0.05) is 59.1 Å². The smallest absolute Gasteiger partial charge is 0.407 e. The molecule has 6 N–H and O–H groups in total. The summed E-state index contributed by atoms with van der Waals surface area (Å²) < 4.78 is 43.4. The van der Waals surface area contributed by atoms with Gasteiger partial charge in [0.2, 0.25) is 11.8 Å². The number of amidine groups is 1. The molecule has 72 heavy (non-hydrogen) atoms. The van der Waals surface area contributed by atoms with Crippen molar-refractivity contribution in [2.45, 2.75) is 101 Å². The maximum absolute atomic E-state index is 14.0. The Morgan fingerprint density at radius 2 is 1.76 bits per heavy atom. The van der Waals surface area contributed by atoms with Gasteiger partial charge in [0.05, 0.1) is 89.5 Å². The largest absolute Gasteiger partial charge is 0.466 e. The molecule has 3 aliphatic rings. The third-order valence-corrected chi connectivity index (χ3v) is 13.5. The number of amides is 5. The molecule has 0 radical (unpaired) electrons. The maximum atomic E-state index is 14.0. The zero-order chi connectivity index (χ0) is 51.2. The summed E-state index contributed by atoms with van der Waals surface area (Å²) in [7, 11) is 1.26. The van der Waals surface area contributed by atoms with Gasteiger partial charge in [-0.05, 0) is 62.3 Å². The highest BCUT2D eigenvalue weighted by molar-refractivity contribution is 8.00. The number of halogens is 2. The Morgan fingerprint density at radius 3 is 2.54 bits per heavy atom. The monoisotopic (exact) mass is 1040 g/mol. The van der Waals surface area contributed by atoms with Gasteiger partial charge >= 0.3 is 18.1 Å². The molecule has 0 spiro atoms. The first kappa shape index (κ1) is 55.4. The highest BCUT2D eigenvalue weighted by Gasteiger charge is 2.42. The fraction of sp³-hybridized carbons (Fsp3) is 0.562. The van der Waals surface area contributed by atoms with Crippen molar-refractivity contribution in [1.82, 2.24) is 51.9 Å². The minimum Gasteiger partial charge on any atom is -0.466 e. The third-order valence-electron chi connectivity index (χ3n) is 11.7. The van der Waals surface area contributed by atoms with Crippen LogP contribution in [0.2, 0.25) is 5.02 Å². The topological polar surface area (TPSA) is 260 Å². The molecule has 3 unspecified atom stereocenters. The zero-order valence-corrected chi connectivity index (χ0v) is 42.4. The Balaban J connectivity index is 0.848. The van der Waals surface area contributed by atoms with Gasteiger partial charge in [0.25, 0.3) is 0 Å². The lowest BCUT2D eigenvalue weighted by atomic mass is 9.95. The number of methoxy groups -OCH3 is 1. The van der Waals surface area contributed by atoms with Crippen molar-refractivity contribution in [3.05, 3.63) is 87.9 Å². The van der Waals surface area contributed by atoms with Crippen molar-refractivity contribution in [2.24, 2.45) is 10.9 Å². The number of nitrogens with zero attached hydrogens (tertiary/aromatic N) is 5. The van der Waals surface area contributed by atoms with Crippen LogP contribution in [0.15, 0.2) is 65.2 Å². The summed E-state index contributed by atoms with van der Waals surface area (Å²) in [5, 5.41) is 26.4. The summed E-state index contributed by atoms with van der Waals surface area (Å²) in [5.41, 5.74) is 2.16. The number of aromatic nitrogens is 4. The van der Waals surface area contributed by atoms with E-state index in [0.717, 1.165) is 31.1 Å². The molecule has 0 bridgehead atoms. The number of nitrogens with one attached hydrogen (secondary N) is 6. The van der Waals surface area contributed by atoms with Gasteiger partial charge < -0.3 is 55.6 Å². The van der Waals surface area contributed by atoms with E-state index in [1.54, 1.807) is 35.4 Å². The van der Waals surface area contributed by atoms with Crippen LogP contribution in [0.4, 0.5) is 14.0 Å². The third kappa shape index (κ3) is 17.4. The van der Waals surface area contributed by atoms with Crippen molar-refractivity contribution in [3.63, 3.8) is 0 Å². The standard InChI is InChI=1S/C48H65ClFN11O10S/c1-30(2)26-71-48(66)56-36(8-6-7-15-52-40(62)10-5-4-9-39-43-38(29-72-39)55-47(65)58-43)45(63)53-18-20-68-22-23-69-21-19-61-25-33(59-60-61)27-70-28-37-41(46(64)67-3)42(34-12-11-32(50)24-35(34)49)57-44(54-37)31-13-16-51-17-14-31/h11-14,16-17,24-25,30,36,38-39,42-43H,4-10,15,18-23,26-29H2,1-3H3,(H,52,62)(H,53,63)(H,54,57)(H,56,66)(H2,55,58,65)/t36-,38?,39-,42?,43?/m0/s1. The maximum Gasteiger partial charge on any atom is 0.407 e. The second-order valence-corrected chi connectivity index (χ2v) is 19.4. The Hall–Kier alpha value is -5.88. The van der Waals surface area contributed by atoms with Gasteiger partial charge in [0.1, 0.15) is 29.4 Å². The SMILES string of the molecule is COC(=O)C1=C(COCc2cn(CCOCCOCCNC(=O)[C@H](CCCCNC(=O)CCCC[C@@H]3SCC4NC(=O)NC43)NC(=O)OCC(C)C)nn2)NC(c2ccncc2)=NC1c1ccc(F)cc1Cl. The number of urea groups is 1. The number of hydrogen-bond donors (Lipinski definition) is 6. The highest BCUT2D eigenvalue weighted by Crippen LogP contribution is 2.37. The second-order valence-electron chi connectivity index (χ2n) is 17.7. The average molecular weight is 1040 g/mol. The molecule has 2 fully saturated rings. The van der Waals surface area contributed by atoms with E-state index >= 15 is 0 Å². The molecule has 5 atom stereocenters. The van der Waals surface area contributed by atoms with Crippen LogP contribution in [0.3, 0.4) is 0 Å². The summed E-state index contributed by atoms with van der Waals surface area (Å²) in [4.78, 5) is 71.7. The molecule has 2 saturated heterocycles. The van der Waals surface area contributed by atoms with Crippen LogP contribution in [0.5, 0.6) is 0 Å². The lowest BCUT2D eigenvalue weighted by Gasteiger charge is -2.28. The fourth-order valence-corrected chi connectivity index (χ4v) is 9.86. The molecular weight excluding hydrogens is 977 g/mol. The Labute approximate surface area is 427 Å². The van der Waals surface area contributed by atoms with Crippen molar-refractivity contribution < 1.29 is 52.0 Å². The van der Waals surface area contributed by atoms with Crippen LogP contribution < -0.4 is 31.9 Å². The van der Waals surface area contributed by atoms with Gasteiger partial charge in [-0.2, -0.15) is 11.8 Å². The van der Waals surface area contributed by atoms with Crippen LogP contribution in [0, 0.1) is 11.7 Å². The predicted molar refractivity (Wildman–Crippen MR) is 265 cm³/mol. The lowest BCUT2D eigenvalue weighted by molar-refractivity contribution is -0.136. The molecule has 5 amide bonds. The predicted octanol–water partition coefficient (Wildman–Crippen LogP) is 4.11. The number of fused-ring (bicyclic) bond motifs is 1. The van der Waals surface area contributed by atoms with E-state index in [1.807, 2.05) is 25.6 Å². The number of carbonyl (C=O) groups excluding carboxylic acids is 5. The summed E-state index contributed by atoms with van der Waals surface area (Å²) in [5.74, 6) is -0.107. The quantitative estimate of drug-likeness (QED) is 0.0312. The van der Waals surface area contributed by atoms with Crippen LogP contribution in [-0.2, 0) is 51.2 Å². The molecule has 3 aliphatic heterocycles. The fourth-order valence-electron chi connectivity index (χ4n) is 8.04. The number of alkyl carbamates (subject to hydrolysis) is 1. The molecule has 2 aromatic heterocycles. The first-order valence-corrected chi connectivity index (χ1v) is 25.6. The molecule has 3 aromatic rings. The molecule has 0 saturated carbocycles. The van der Waals surface area contributed by atoms with Crippen LogP contribution in [-0.4, -0.2) is 145 Å². The molecule has 24 heteroatoms. The number of benzene rings is 1. The van der Waals surface area contributed by atoms with Crippen molar-refractivity contribution in [1.29, 1.82) is 0 Å². The summed E-state index contributed by atoms with van der Waals surface area (Å²) in [6.07, 6.45) is 8.88. The molecule has 5 heterocycles. The molecule has 21 nitrogen and oxygen atoms in total. The number of carbonyl (C=O) groups is 5. The number of rotatable bonds is 30. The number of thioether (sulfide) groups is 1. The number of hydrogen-bond acceptors (Lipinski definition) is 16. The van der Waals surface area contributed by atoms with E-state index in [0.29, 0.717) is 85.6 Å². The summed E-state index contributed by atoms with van der Waals surface area (Å²) in [6.45, 7) is 6.22. The van der Waals surface area contributed by atoms with Gasteiger partial charge in [-0.15, -0.1) is 5.10 Å². The van der Waals surface area contributed by atoms with E-state index in [4.69, 9.17) is 40.3 Å². The first-order chi connectivity index (χ1) is 34.9. The Morgan fingerprint density at radius 1 is 0.958 bits per heavy atom. The number of pyridine rings is 1. The van der Waals surface area contributed by atoms with E-state index in [1.165, 1.54) is 19.2 Å². The molecule has 392 valence electrons. The van der Waals surface area contributed by atoms with Crippen LogP contribution in [0.25, 0.3) is 0 Å². The summed E-state index contributed by atoms with van der Waals surface area (Å²) in [6, 6.07) is 5.90. The number of ether oxygens (including phenoxy) is 5. The first-order valence-electron chi connectivity index (χ1n) is 24.2. The van der Waals surface area contributed by atoms with E-state index < -0.39 is 30.0 Å². The minimum atomic E-state index is -0.926. The van der Waals surface area contributed by atoms with Crippen LogP contribution in [0.1, 0.15) is 81.7 Å². The molecule has 6 rings (SSSR count). The highest BCUT2D eigenvalue weighted by atomic mass is 35.5. The Kier molecular flexibility index (Phi) is 22.3. The number of aliphatic imine (C=N–C) groups is 1. The van der Waals surface area contributed by atoms with Crippen molar-refractivity contribution >= 4 is 59.1 Å². The van der Waals surface area contributed by atoms with Crippen molar-refractivity contribution in [2.75, 3.05) is 65.6 Å². The van der Waals surface area contributed by atoms with Crippen LogP contribution >= 0.6 is 23.4 Å². The van der Waals surface area contributed by atoms with Gasteiger partial charge in [0.15, 0.2) is 0 Å². The second kappa shape index (κ2) is 29.0. The zero-order valence-electron chi connectivity index (χ0n) is 40.8. The molecule has 1 aromatic carbocycles. The van der Waals surface area contributed by atoms with Gasteiger partial charge in [-0.3, -0.25) is 19.6 Å². The number of unbranched alkanes of at least 4 members (excludes halogenated alkanes) is 2. The minimum absolute atomic E-state index is 0.0215. The normalized spacial score (nSPS) is 18.6. The number of esters is 1. The lowest BCUT2D eigenvalue weighted by Crippen LogP contribution is -2.47. The Bertz CT molecular complexity index is 2340. The van der Waals surface area contributed by atoms with Crippen molar-refractivity contribution in [3.8, 4) is 0 Å². The average Bonchev–Trinajstić information content (AvgIpc) is 4.09. The van der Waals surface area contributed by atoms with Gasteiger partial charge in [-0.25, -0.2) is 23.5 Å². The van der Waals surface area contributed by atoms with E-state index in [-0.39, 0.29) is 86.0 Å².